The van der Waals surface area contributed by atoms with Crippen molar-refractivity contribution in [2.75, 3.05) is 16.8 Å². The SMILES string of the molecule is C=C(Nc1cccc2c1CC(C)CN2C(=C)CCC)c1ccccc1. The third-order valence-electron chi connectivity index (χ3n) is 4.82. The molecule has 0 saturated carbocycles. The minimum Gasteiger partial charge on any atom is -0.355 e. The highest BCUT2D eigenvalue weighted by molar-refractivity contribution is 5.80. The maximum absolute atomic E-state index is 4.33. The van der Waals surface area contributed by atoms with Crippen molar-refractivity contribution in [3.05, 3.63) is 78.5 Å². The molecule has 0 radical (unpaired) electrons. The van der Waals surface area contributed by atoms with E-state index in [1.807, 2.05) is 18.2 Å². The first kappa shape index (κ1) is 17.3. The fourth-order valence-corrected chi connectivity index (χ4v) is 3.58. The van der Waals surface area contributed by atoms with Crippen LogP contribution in [0.5, 0.6) is 0 Å². The molecular formula is C23H28N2. The summed E-state index contributed by atoms with van der Waals surface area (Å²) in [6.07, 6.45) is 3.25. The average molecular weight is 332 g/mol. The summed E-state index contributed by atoms with van der Waals surface area (Å²) in [5.41, 5.74) is 7.10. The Bertz CT molecular complexity index is 761. The van der Waals surface area contributed by atoms with Crippen LogP contribution in [0.2, 0.25) is 0 Å². The second-order valence-electron chi connectivity index (χ2n) is 7.01. The highest BCUT2D eigenvalue weighted by Gasteiger charge is 2.25. The molecule has 25 heavy (non-hydrogen) atoms. The van der Waals surface area contributed by atoms with Crippen molar-refractivity contribution in [1.82, 2.24) is 0 Å². The van der Waals surface area contributed by atoms with Crippen molar-refractivity contribution in [3.8, 4) is 0 Å². The molecule has 1 N–H and O–H groups in total. The minimum absolute atomic E-state index is 0.606. The van der Waals surface area contributed by atoms with Crippen molar-refractivity contribution in [1.29, 1.82) is 0 Å². The van der Waals surface area contributed by atoms with E-state index >= 15 is 0 Å². The molecule has 2 aromatic rings. The summed E-state index contributed by atoms with van der Waals surface area (Å²) in [6.45, 7) is 14.1. The summed E-state index contributed by atoms with van der Waals surface area (Å²) in [5.74, 6) is 0.606. The molecular weight excluding hydrogens is 304 g/mol. The van der Waals surface area contributed by atoms with Crippen molar-refractivity contribution in [2.45, 2.75) is 33.1 Å². The maximum Gasteiger partial charge on any atom is 0.0461 e. The van der Waals surface area contributed by atoms with E-state index in [1.165, 1.54) is 16.9 Å². The number of nitrogens with one attached hydrogen (secondary N) is 1. The molecule has 1 aliphatic heterocycles. The van der Waals surface area contributed by atoms with Gasteiger partial charge in [-0.15, -0.1) is 0 Å². The Kier molecular flexibility index (Phi) is 5.28. The van der Waals surface area contributed by atoms with Crippen LogP contribution in [0.3, 0.4) is 0 Å². The van der Waals surface area contributed by atoms with Gasteiger partial charge in [-0.2, -0.15) is 0 Å². The van der Waals surface area contributed by atoms with Crippen LogP contribution in [0.4, 0.5) is 11.4 Å². The molecule has 0 bridgehead atoms. The van der Waals surface area contributed by atoms with Gasteiger partial charge in [0.1, 0.15) is 0 Å². The van der Waals surface area contributed by atoms with Crippen molar-refractivity contribution in [3.63, 3.8) is 0 Å². The molecule has 2 aromatic carbocycles. The lowest BCUT2D eigenvalue weighted by atomic mass is 9.91. The molecule has 0 fully saturated rings. The fraction of sp³-hybridized carbons (Fsp3) is 0.304. The quantitative estimate of drug-likeness (QED) is 0.689. The zero-order chi connectivity index (χ0) is 17.8. The summed E-state index contributed by atoms with van der Waals surface area (Å²) >= 11 is 0. The summed E-state index contributed by atoms with van der Waals surface area (Å²) in [6, 6.07) is 16.8. The molecule has 1 aliphatic rings. The van der Waals surface area contributed by atoms with E-state index in [2.05, 4.69) is 67.6 Å². The Morgan fingerprint density at radius 1 is 1.12 bits per heavy atom. The van der Waals surface area contributed by atoms with Gasteiger partial charge in [-0.25, -0.2) is 0 Å². The van der Waals surface area contributed by atoms with E-state index in [0.717, 1.165) is 42.8 Å². The summed E-state index contributed by atoms with van der Waals surface area (Å²) in [5, 5.41) is 3.55. The van der Waals surface area contributed by atoms with E-state index in [4.69, 9.17) is 0 Å². The number of allylic oxidation sites excluding steroid dienone is 1. The minimum atomic E-state index is 0.606. The predicted molar refractivity (Wildman–Crippen MR) is 110 cm³/mol. The first-order valence-corrected chi connectivity index (χ1v) is 9.18. The van der Waals surface area contributed by atoms with Gasteiger partial charge in [0.2, 0.25) is 0 Å². The molecule has 2 heteroatoms. The number of rotatable bonds is 6. The Labute approximate surface area is 151 Å². The van der Waals surface area contributed by atoms with Crippen LogP contribution in [0.15, 0.2) is 67.4 Å². The number of hydrogen-bond donors (Lipinski definition) is 1. The van der Waals surface area contributed by atoms with Crippen molar-refractivity contribution < 1.29 is 0 Å². The zero-order valence-corrected chi connectivity index (χ0v) is 15.4. The van der Waals surface area contributed by atoms with Crippen LogP contribution < -0.4 is 10.2 Å². The third-order valence-corrected chi connectivity index (χ3v) is 4.82. The van der Waals surface area contributed by atoms with Gasteiger partial charge in [0.15, 0.2) is 0 Å². The van der Waals surface area contributed by atoms with Gasteiger partial charge in [0.25, 0.3) is 0 Å². The van der Waals surface area contributed by atoms with Gasteiger partial charge in [0, 0.05) is 29.3 Å². The standard InChI is InChI=1S/C23H28N2/c1-5-10-18(3)25-16-17(2)15-21-22(13-9-14-23(21)25)24-19(4)20-11-7-6-8-12-20/h6-9,11-14,17,24H,3-5,10,15-16H2,1-2H3. The fourth-order valence-electron chi connectivity index (χ4n) is 3.58. The van der Waals surface area contributed by atoms with Gasteiger partial charge in [-0.05, 0) is 42.0 Å². The topological polar surface area (TPSA) is 15.3 Å². The molecule has 0 spiro atoms. The molecule has 1 atom stereocenters. The smallest absolute Gasteiger partial charge is 0.0461 e. The molecule has 1 unspecified atom stereocenters. The molecule has 0 amide bonds. The Hall–Kier alpha value is -2.48. The number of anilines is 2. The van der Waals surface area contributed by atoms with Crippen LogP contribution in [0.1, 0.15) is 37.8 Å². The molecule has 1 heterocycles. The molecule has 130 valence electrons. The lowest BCUT2D eigenvalue weighted by molar-refractivity contribution is 0.548. The third kappa shape index (κ3) is 3.79. The van der Waals surface area contributed by atoms with E-state index in [9.17, 15) is 0 Å². The Morgan fingerprint density at radius 2 is 1.88 bits per heavy atom. The monoisotopic (exact) mass is 332 g/mol. The van der Waals surface area contributed by atoms with E-state index in [0.29, 0.717) is 5.92 Å². The van der Waals surface area contributed by atoms with Gasteiger partial charge in [0.05, 0.1) is 0 Å². The molecule has 0 aliphatic carbocycles. The molecule has 0 saturated heterocycles. The number of nitrogens with zero attached hydrogens (tertiary/aromatic N) is 1. The van der Waals surface area contributed by atoms with Crippen LogP contribution in [-0.4, -0.2) is 6.54 Å². The second kappa shape index (κ2) is 7.60. The number of benzene rings is 2. The molecule has 3 rings (SSSR count). The predicted octanol–water partition coefficient (Wildman–Crippen LogP) is 6.08. The lowest BCUT2D eigenvalue weighted by Gasteiger charge is -2.37. The highest BCUT2D eigenvalue weighted by atomic mass is 15.2. The van der Waals surface area contributed by atoms with Crippen LogP contribution in [0.25, 0.3) is 5.70 Å². The maximum atomic E-state index is 4.33. The first-order chi connectivity index (χ1) is 12.1. The van der Waals surface area contributed by atoms with Crippen molar-refractivity contribution in [2.24, 2.45) is 5.92 Å². The summed E-state index contributed by atoms with van der Waals surface area (Å²) in [7, 11) is 0. The second-order valence-corrected chi connectivity index (χ2v) is 7.01. The normalized spacial score (nSPS) is 16.2. The largest absolute Gasteiger partial charge is 0.355 e. The van der Waals surface area contributed by atoms with Crippen LogP contribution in [-0.2, 0) is 6.42 Å². The van der Waals surface area contributed by atoms with E-state index in [1.54, 1.807) is 0 Å². The van der Waals surface area contributed by atoms with Crippen LogP contribution >= 0.6 is 0 Å². The number of hydrogen-bond acceptors (Lipinski definition) is 2. The zero-order valence-electron chi connectivity index (χ0n) is 15.4. The summed E-state index contributed by atoms with van der Waals surface area (Å²) in [4.78, 5) is 2.41. The van der Waals surface area contributed by atoms with E-state index in [-0.39, 0.29) is 0 Å². The molecule has 0 aromatic heterocycles. The highest BCUT2D eigenvalue weighted by Crippen LogP contribution is 2.38. The van der Waals surface area contributed by atoms with Gasteiger partial charge < -0.3 is 10.2 Å². The van der Waals surface area contributed by atoms with Gasteiger partial charge in [-0.1, -0.05) is 69.8 Å². The average Bonchev–Trinajstić information content (AvgIpc) is 2.62. The van der Waals surface area contributed by atoms with Gasteiger partial charge >= 0.3 is 0 Å². The summed E-state index contributed by atoms with van der Waals surface area (Å²) < 4.78 is 0. The Balaban J connectivity index is 1.91. The first-order valence-electron chi connectivity index (χ1n) is 9.18. The van der Waals surface area contributed by atoms with Gasteiger partial charge in [-0.3, -0.25) is 0 Å². The van der Waals surface area contributed by atoms with E-state index < -0.39 is 0 Å². The molecule has 2 nitrogen and oxygen atoms in total. The number of fused-ring (bicyclic) bond motifs is 1. The van der Waals surface area contributed by atoms with Crippen LogP contribution in [0, 0.1) is 5.92 Å². The van der Waals surface area contributed by atoms with Crippen molar-refractivity contribution >= 4 is 17.1 Å². The lowest BCUT2D eigenvalue weighted by Crippen LogP contribution is -2.33. The Morgan fingerprint density at radius 3 is 2.60 bits per heavy atom.